The van der Waals surface area contributed by atoms with Crippen molar-refractivity contribution >= 4 is 34.6 Å². The Kier molecular flexibility index (Phi) is 17.5. The SMILES string of the molecule is CC(=O)/C=C(\O)c1ccccc1.CC(=O)/C=C(\O)c1ccccc1.CCOC(=O)/C(=C\O)c1ccccc1.[Fe]. The van der Waals surface area contributed by atoms with Gasteiger partial charge in [0.1, 0.15) is 17.1 Å². The number of rotatable bonds is 7. The summed E-state index contributed by atoms with van der Waals surface area (Å²) in [6.45, 7) is 4.82. The summed E-state index contributed by atoms with van der Waals surface area (Å²) in [4.78, 5) is 32.5. The monoisotopic (exact) mass is 572 g/mol. The zero-order valence-electron chi connectivity index (χ0n) is 21.9. The minimum atomic E-state index is -0.513. The number of esters is 1. The Morgan fingerprint density at radius 1 is 0.667 bits per heavy atom. The van der Waals surface area contributed by atoms with Crippen LogP contribution in [0.1, 0.15) is 37.5 Å². The first-order valence-corrected chi connectivity index (χ1v) is 11.7. The van der Waals surface area contributed by atoms with Crippen LogP contribution in [-0.2, 0) is 36.2 Å². The van der Waals surface area contributed by atoms with Gasteiger partial charge < -0.3 is 20.1 Å². The van der Waals surface area contributed by atoms with Crippen molar-refractivity contribution in [2.24, 2.45) is 0 Å². The molecule has 0 atom stereocenters. The van der Waals surface area contributed by atoms with E-state index < -0.39 is 5.97 Å². The van der Waals surface area contributed by atoms with Crippen LogP contribution in [0.3, 0.4) is 0 Å². The molecule has 0 aliphatic rings. The average Bonchev–Trinajstić information content (AvgIpc) is 2.91. The molecule has 0 saturated carbocycles. The number of carbonyl (C=O) groups excluding carboxylic acids is 3. The Morgan fingerprint density at radius 2 is 1.00 bits per heavy atom. The third kappa shape index (κ3) is 14.2. The molecule has 0 saturated heterocycles. The molecule has 0 unspecified atom stereocenters. The van der Waals surface area contributed by atoms with Gasteiger partial charge in [-0.1, -0.05) is 91.0 Å². The molecule has 0 amide bonds. The van der Waals surface area contributed by atoms with Crippen LogP contribution in [0, 0.1) is 0 Å². The van der Waals surface area contributed by atoms with Crippen LogP contribution in [0.2, 0.25) is 0 Å². The molecule has 0 aromatic heterocycles. The fraction of sp³-hybridized carbons (Fsp3) is 0.129. The second kappa shape index (κ2) is 19.7. The zero-order valence-corrected chi connectivity index (χ0v) is 23.0. The van der Waals surface area contributed by atoms with Crippen molar-refractivity contribution in [2.75, 3.05) is 6.61 Å². The van der Waals surface area contributed by atoms with E-state index >= 15 is 0 Å². The largest absolute Gasteiger partial charge is 0.515 e. The quantitative estimate of drug-likeness (QED) is 0.128. The summed E-state index contributed by atoms with van der Waals surface area (Å²) in [7, 11) is 0. The van der Waals surface area contributed by atoms with Gasteiger partial charge >= 0.3 is 5.97 Å². The third-order valence-corrected chi connectivity index (χ3v) is 4.53. The Labute approximate surface area is 239 Å². The Hall–Kier alpha value is -4.39. The molecule has 39 heavy (non-hydrogen) atoms. The predicted octanol–water partition coefficient (Wildman–Crippen LogP) is 6.50. The van der Waals surface area contributed by atoms with E-state index in [-0.39, 0.29) is 45.7 Å². The van der Waals surface area contributed by atoms with Gasteiger partial charge in [0.15, 0.2) is 11.6 Å². The summed E-state index contributed by atoms with van der Waals surface area (Å²) in [5.41, 5.74) is 2.14. The van der Waals surface area contributed by atoms with Crippen molar-refractivity contribution in [3.8, 4) is 0 Å². The molecule has 3 aromatic rings. The maximum absolute atomic E-state index is 11.3. The normalized spacial score (nSPS) is 10.9. The summed E-state index contributed by atoms with van der Waals surface area (Å²) >= 11 is 0. The Bertz CT molecular complexity index is 1180. The maximum Gasteiger partial charge on any atom is 0.341 e. The molecule has 3 aromatic carbocycles. The van der Waals surface area contributed by atoms with E-state index in [0.29, 0.717) is 23.3 Å². The van der Waals surface area contributed by atoms with Crippen LogP contribution in [-0.4, -0.2) is 39.5 Å². The number of aliphatic hydroxyl groups excluding tert-OH is 3. The van der Waals surface area contributed by atoms with Gasteiger partial charge in [-0.2, -0.15) is 0 Å². The van der Waals surface area contributed by atoms with Gasteiger partial charge in [-0.15, -0.1) is 0 Å². The molecule has 0 bridgehead atoms. The number of allylic oxidation sites excluding steroid dienone is 2. The second-order valence-electron chi connectivity index (χ2n) is 7.64. The first kappa shape index (κ1) is 34.6. The molecule has 0 aliphatic carbocycles. The number of benzene rings is 3. The van der Waals surface area contributed by atoms with E-state index in [0.717, 1.165) is 6.26 Å². The minimum absolute atomic E-state index is 0. The van der Waals surface area contributed by atoms with E-state index in [2.05, 4.69) is 0 Å². The number of hydrogen-bond acceptors (Lipinski definition) is 7. The number of ether oxygens (including phenoxy) is 1. The molecule has 0 aliphatic heterocycles. The van der Waals surface area contributed by atoms with Crippen molar-refractivity contribution in [3.05, 3.63) is 126 Å². The first-order chi connectivity index (χ1) is 18.2. The molecule has 8 heteroatoms. The molecule has 0 fully saturated rings. The van der Waals surface area contributed by atoms with E-state index in [1.807, 2.05) is 18.2 Å². The molecule has 3 N–H and O–H groups in total. The van der Waals surface area contributed by atoms with Crippen LogP contribution in [0.5, 0.6) is 0 Å². The molecule has 7 nitrogen and oxygen atoms in total. The summed E-state index contributed by atoms with van der Waals surface area (Å²) in [5, 5.41) is 27.6. The van der Waals surface area contributed by atoms with Crippen molar-refractivity contribution in [2.45, 2.75) is 20.8 Å². The summed E-state index contributed by atoms with van der Waals surface area (Å²) in [5.74, 6) is -0.792. The van der Waals surface area contributed by atoms with Crippen LogP contribution in [0.4, 0.5) is 0 Å². The first-order valence-electron chi connectivity index (χ1n) is 11.7. The van der Waals surface area contributed by atoms with Gasteiger partial charge in [0.25, 0.3) is 0 Å². The van der Waals surface area contributed by atoms with Crippen molar-refractivity contribution in [1.82, 2.24) is 0 Å². The van der Waals surface area contributed by atoms with Gasteiger partial charge in [-0.25, -0.2) is 4.79 Å². The van der Waals surface area contributed by atoms with Gasteiger partial charge in [0.05, 0.1) is 12.9 Å². The third-order valence-electron chi connectivity index (χ3n) is 4.53. The van der Waals surface area contributed by atoms with E-state index in [1.165, 1.54) is 26.0 Å². The van der Waals surface area contributed by atoms with Crippen molar-refractivity contribution in [3.63, 3.8) is 0 Å². The summed E-state index contributed by atoms with van der Waals surface area (Å²) in [6, 6.07) is 26.8. The van der Waals surface area contributed by atoms with Gasteiger partial charge in [-0.3, -0.25) is 9.59 Å². The second-order valence-corrected chi connectivity index (χ2v) is 7.64. The molecule has 206 valence electrons. The van der Waals surface area contributed by atoms with Gasteiger partial charge in [0, 0.05) is 40.3 Å². The molecule has 3 rings (SSSR count). The molecule has 0 radical (unpaired) electrons. The standard InChI is InChI=1S/C11H12O3.2C10H10O2.Fe/c1-2-14-11(13)10(8-12)9-6-4-3-5-7-9;2*1-8(11)7-10(12)9-5-3-2-4-6-9;/h3-8,12H,2H2,1H3;2*2-7,12H,1H3;/b10-8-;2*10-7-;. The van der Waals surface area contributed by atoms with Gasteiger partial charge in [0.2, 0.25) is 0 Å². The van der Waals surface area contributed by atoms with Crippen LogP contribution >= 0.6 is 0 Å². The maximum atomic E-state index is 11.3. The average molecular weight is 572 g/mol. The number of ketones is 2. The topological polar surface area (TPSA) is 121 Å². The smallest absolute Gasteiger partial charge is 0.341 e. The Balaban J connectivity index is 0.000000551. The zero-order chi connectivity index (χ0) is 28.3. The van der Waals surface area contributed by atoms with Crippen molar-refractivity contribution < 1.29 is 51.5 Å². The molecule has 0 heterocycles. The van der Waals surface area contributed by atoms with Crippen LogP contribution in [0.25, 0.3) is 17.1 Å². The molecule has 0 spiro atoms. The van der Waals surface area contributed by atoms with E-state index in [1.54, 1.807) is 79.7 Å². The summed E-state index contributed by atoms with van der Waals surface area (Å²) < 4.78 is 4.78. The number of carbonyl (C=O) groups is 3. The van der Waals surface area contributed by atoms with Crippen LogP contribution < -0.4 is 0 Å². The molecular weight excluding hydrogens is 540 g/mol. The van der Waals surface area contributed by atoms with E-state index in [4.69, 9.17) is 9.84 Å². The minimum Gasteiger partial charge on any atom is -0.515 e. The number of hydrogen-bond donors (Lipinski definition) is 3. The predicted molar refractivity (Wildman–Crippen MR) is 149 cm³/mol. The van der Waals surface area contributed by atoms with Crippen molar-refractivity contribution in [1.29, 1.82) is 0 Å². The Morgan fingerprint density at radius 3 is 1.28 bits per heavy atom. The number of aliphatic hydroxyl groups is 3. The van der Waals surface area contributed by atoms with Crippen LogP contribution in [0.15, 0.2) is 109 Å². The summed E-state index contributed by atoms with van der Waals surface area (Å²) in [6.07, 6.45) is 3.18. The van der Waals surface area contributed by atoms with E-state index in [9.17, 15) is 24.6 Å². The fourth-order valence-electron chi connectivity index (χ4n) is 2.84. The fourth-order valence-corrected chi connectivity index (χ4v) is 2.84. The molecular formula is C31H32FeO7. The van der Waals surface area contributed by atoms with Gasteiger partial charge in [-0.05, 0) is 26.3 Å².